The van der Waals surface area contributed by atoms with Crippen LogP contribution in [-0.4, -0.2) is 63.4 Å². The molecule has 4 rings (SSSR count). The molecule has 0 heterocycles. The summed E-state index contributed by atoms with van der Waals surface area (Å²) < 4.78 is 40.7. The van der Waals surface area contributed by atoms with Crippen molar-refractivity contribution in [3.05, 3.63) is 0 Å². The molecule has 0 aliphatic heterocycles. The first-order chi connectivity index (χ1) is 16.5. The predicted molar refractivity (Wildman–Crippen MR) is 133 cm³/mol. The summed E-state index contributed by atoms with van der Waals surface area (Å²) in [6.45, 7) is 10.3. The average Bonchev–Trinajstić information content (AvgIpc) is 3.05. The van der Waals surface area contributed by atoms with Crippen molar-refractivity contribution in [2.45, 2.75) is 122 Å². The average molecular weight is 532 g/mol. The third kappa shape index (κ3) is 4.69. The second-order valence-corrected chi connectivity index (χ2v) is 14.6. The van der Waals surface area contributed by atoms with Gasteiger partial charge in [0.15, 0.2) is 0 Å². The fourth-order valence-electron chi connectivity index (χ4n) is 9.44. The summed E-state index contributed by atoms with van der Waals surface area (Å²) in [5, 5.41) is 43.6. The van der Waals surface area contributed by atoms with E-state index in [-0.39, 0.29) is 47.3 Å². The summed E-state index contributed by atoms with van der Waals surface area (Å²) in [6, 6.07) is 0. The Morgan fingerprint density at radius 3 is 2.33 bits per heavy atom. The zero-order valence-electron chi connectivity index (χ0n) is 22.5. The summed E-state index contributed by atoms with van der Waals surface area (Å²) in [7, 11) is -4.92. The number of rotatable bonds is 7. The molecular weight excluding hydrogens is 484 g/mol. The molecule has 4 N–H and O–H groups in total. The monoisotopic (exact) mass is 531 g/mol. The van der Waals surface area contributed by atoms with Gasteiger partial charge in [0.25, 0.3) is 0 Å². The smallest absolute Gasteiger partial charge is 0.217 e. The maximum Gasteiger partial charge on any atom is 0.217 e. The molecule has 4 fully saturated rings. The van der Waals surface area contributed by atoms with E-state index in [9.17, 15) is 33.4 Å². The summed E-state index contributed by atoms with van der Waals surface area (Å²) in [5.41, 5.74) is -2.28. The fraction of sp³-hybridized carbons (Fsp3) is 1.00. The molecule has 4 unspecified atom stereocenters. The van der Waals surface area contributed by atoms with Gasteiger partial charge in [-0.25, -0.2) is 8.42 Å². The molecule has 4 aliphatic carbocycles. The third-order valence-corrected chi connectivity index (χ3v) is 12.0. The highest BCUT2D eigenvalue weighted by molar-refractivity contribution is 7.80. The van der Waals surface area contributed by atoms with Crippen molar-refractivity contribution in [2.24, 2.45) is 46.3 Å². The van der Waals surface area contributed by atoms with Crippen LogP contribution in [0.1, 0.15) is 92.4 Å². The van der Waals surface area contributed by atoms with Crippen LogP contribution in [0.4, 0.5) is 0 Å². The Morgan fingerprint density at radius 2 is 1.72 bits per heavy atom. The lowest BCUT2D eigenvalue weighted by molar-refractivity contribution is -0.267. The Labute approximate surface area is 216 Å². The summed E-state index contributed by atoms with van der Waals surface area (Å²) in [6.07, 6.45) is 2.34. The van der Waals surface area contributed by atoms with Gasteiger partial charge in [0.2, 0.25) is 10.4 Å². The van der Waals surface area contributed by atoms with Gasteiger partial charge in [-0.1, -0.05) is 34.6 Å². The van der Waals surface area contributed by atoms with Crippen molar-refractivity contribution >= 4 is 10.4 Å². The van der Waals surface area contributed by atoms with Gasteiger partial charge in [-0.2, -0.15) is 0 Å². The van der Waals surface area contributed by atoms with Gasteiger partial charge >= 0.3 is 0 Å². The molecule has 0 spiro atoms. The van der Waals surface area contributed by atoms with Crippen molar-refractivity contribution < 1.29 is 37.6 Å². The van der Waals surface area contributed by atoms with Crippen molar-refractivity contribution in [1.82, 2.24) is 0 Å². The highest BCUT2D eigenvalue weighted by Gasteiger charge is 2.69. The van der Waals surface area contributed by atoms with Crippen LogP contribution in [0.25, 0.3) is 0 Å². The van der Waals surface area contributed by atoms with Gasteiger partial charge in [0.1, 0.15) is 0 Å². The van der Waals surface area contributed by atoms with Gasteiger partial charge < -0.3 is 25.0 Å². The van der Waals surface area contributed by atoms with Crippen molar-refractivity contribution in [1.29, 1.82) is 0 Å². The van der Waals surface area contributed by atoms with E-state index >= 15 is 0 Å². The lowest BCUT2D eigenvalue weighted by Gasteiger charge is -2.65. The largest absolute Gasteiger partial charge is 0.726 e. The van der Waals surface area contributed by atoms with E-state index in [1.165, 1.54) is 0 Å². The lowest BCUT2D eigenvalue weighted by Crippen LogP contribution is -2.69. The zero-order valence-corrected chi connectivity index (χ0v) is 23.3. The predicted octanol–water partition coefficient (Wildman–Crippen LogP) is 2.98. The molecule has 0 aromatic rings. The van der Waals surface area contributed by atoms with Crippen LogP contribution in [0.2, 0.25) is 0 Å². The minimum atomic E-state index is -4.92. The fourth-order valence-corrected chi connectivity index (χ4v) is 9.94. The topological polar surface area (TPSA) is 147 Å². The minimum absolute atomic E-state index is 0.0359. The standard InChI is InChI=1S/C27H48O8S/c1-15(2)21(29)7-6-16(3)20-13-22(35-36(32,33)34)24-18-12-23(30)27(31)14-17(28)8-11-26(27,5)19(18)9-10-25(20,24)4/h15-24,28-31H,6-14H2,1-5H3,(H,32,33,34)/p-1/t16-,17+,18?,19?,20-,21+,22?,23-,24?,25-,26-,27+/m1/s1. The molecule has 8 nitrogen and oxygen atoms in total. The van der Waals surface area contributed by atoms with Crippen LogP contribution in [0.5, 0.6) is 0 Å². The Morgan fingerprint density at radius 1 is 1.06 bits per heavy atom. The van der Waals surface area contributed by atoms with E-state index in [2.05, 4.69) is 13.8 Å². The maximum atomic E-state index is 11.8. The molecule has 0 amide bonds. The van der Waals surface area contributed by atoms with Gasteiger partial charge in [-0.05, 0) is 92.3 Å². The molecule has 9 heteroatoms. The Bertz CT molecular complexity index is 909. The SMILES string of the molecule is CC(C)[C@@H](O)CC[C@@H](C)[C@H]1CC(OS(=O)(=O)[O-])C2C3C[C@@H](O)[C@@]4(O)C[C@@H](O)CC[C@]4(C)C3CC[C@@]21C. The van der Waals surface area contributed by atoms with Crippen LogP contribution in [-0.2, 0) is 14.6 Å². The highest BCUT2D eigenvalue weighted by atomic mass is 32.3. The van der Waals surface area contributed by atoms with Crippen molar-refractivity contribution in [3.63, 3.8) is 0 Å². The highest BCUT2D eigenvalue weighted by Crippen LogP contribution is 2.69. The molecule has 0 bridgehead atoms. The van der Waals surface area contributed by atoms with Gasteiger partial charge in [0, 0.05) is 11.8 Å². The van der Waals surface area contributed by atoms with Crippen LogP contribution >= 0.6 is 0 Å². The molecular formula is C27H47O8S-. The number of hydrogen-bond donors (Lipinski definition) is 4. The molecule has 0 aromatic carbocycles. The van der Waals surface area contributed by atoms with E-state index in [0.717, 1.165) is 19.3 Å². The van der Waals surface area contributed by atoms with Crippen molar-refractivity contribution in [3.8, 4) is 0 Å². The molecule has 12 atom stereocenters. The number of aliphatic hydroxyl groups is 4. The Balaban J connectivity index is 1.67. The first-order valence-corrected chi connectivity index (χ1v) is 15.3. The number of aliphatic hydroxyl groups excluding tert-OH is 3. The molecule has 4 aliphatic rings. The van der Waals surface area contributed by atoms with Crippen LogP contribution < -0.4 is 0 Å². The van der Waals surface area contributed by atoms with Gasteiger partial charge in [0.05, 0.1) is 30.0 Å². The van der Waals surface area contributed by atoms with Crippen LogP contribution in [0.15, 0.2) is 0 Å². The van der Waals surface area contributed by atoms with E-state index in [4.69, 9.17) is 4.18 Å². The van der Waals surface area contributed by atoms with Crippen LogP contribution in [0.3, 0.4) is 0 Å². The second-order valence-electron chi connectivity index (χ2n) is 13.6. The molecule has 0 saturated heterocycles. The molecule has 0 aromatic heterocycles. The van der Waals surface area contributed by atoms with Gasteiger partial charge in [-0.15, -0.1) is 0 Å². The second kappa shape index (κ2) is 9.72. The molecule has 36 heavy (non-hydrogen) atoms. The first-order valence-electron chi connectivity index (χ1n) is 13.9. The molecule has 0 radical (unpaired) electrons. The van der Waals surface area contributed by atoms with E-state index in [0.29, 0.717) is 32.1 Å². The van der Waals surface area contributed by atoms with Gasteiger partial charge in [-0.3, -0.25) is 4.18 Å². The molecule has 4 saturated carbocycles. The number of fused-ring (bicyclic) bond motifs is 5. The van der Waals surface area contributed by atoms with E-state index in [1.807, 2.05) is 20.8 Å². The normalized spacial score (nSPS) is 48.7. The Hall–Kier alpha value is -0.290. The summed E-state index contributed by atoms with van der Waals surface area (Å²) in [5.74, 6) is 0.201. The lowest BCUT2D eigenvalue weighted by atomic mass is 9.42. The van der Waals surface area contributed by atoms with Crippen molar-refractivity contribution in [2.75, 3.05) is 0 Å². The Kier molecular flexibility index (Phi) is 7.75. The first kappa shape index (κ1) is 28.7. The zero-order chi connectivity index (χ0) is 26.8. The van der Waals surface area contributed by atoms with E-state index in [1.54, 1.807) is 0 Å². The minimum Gasteiger partial charge on any atom is -0.726 e. The summed E-state index contributed by atoms with van der Waals surface area (Å²) >= 11 is 0. The van der Waals surface area contributed by atoms with Crippen LogP contribution in [0, 0.1) is 46.3 Å². The molecule has 210 valence electrons. The number of hydrogen-bond acceptors (Lipinski definition) is 8. The maximum absolute atomic E-state index is 11.8. The quantitative estimate of drug-likeness (QED) is 0.290. The summed E-state index contributed by atoms with van der Waals surface area (Å²) in [4.78, 5) is 0. The third-order valence-electron chi connectivity index (χ3n) is 11.5. The van der Waals surface area contributed by atoms with E-state index < -0.39 is 45.8 Å².